The molecule has 0 heterocycles. The third-order valence-electron chi connectivity index (χ3n) is 2.84. The van der Waals surface area contributed by atoms with Crippen LogP contribution in [0.25, 0.3) is 0 Å². The summed E-state index contributed by atoms with van der Waals surface area (Å²) in [5.41, 5.74) is 2.04. The van der Waals surface area contributed by atoms with E-state index in [0.717, 1.165) is 11.1 Å². The Hall–Kier alpha value is -2.49. The zero-order valence-electron chi connectivity index (χ0n) is 11.1. The van der Waals surface area contributed by atoms with E-state index in [1.807, 2.05) is 30.3 Å². The Balaban J connectivity index is 1.66. The van der Waals surface area contributed by atoms with Gasteiger partial charge in [0.2, 0.25) is 0 Å². The number of aromatic hydroxyl groups is 1. The van der Waals surface area contributed by atoms with Crippen LogP contribution in [-0.2, 0) is 17.7 Å². The molecule has 2 rings (SSSR count). The number of carbonyl (C=O) groups excluding carboxylic acids is 1. The number of alkyl carbamates (subject to hydrolysis) is 1. The number of benzene rings is 2. The van der Waals surface area contributed by atoms with Crippen molar-refractivity contribution in [3.05, 3.63) is 65.7 Å². The van der Waals surface area contributed by atoms with E-state index in [1.54, 1.807) is 24.3 Å². The van der Waals surface area contributed by atoms with Gasteiger partial charge < -0.3 is 15.2 Å². The Kier molecular flexibility index (Phi) is 5.00. The summed E-state index contributed by atoms with van der Waals surface area (Å²) >= 11 is 0. The number of hydrogen-bond donors (Lipinski definition) is 2. The zero-order valence-corrected chi connectivity index (χ0v) is 11.1. The molecule has 2 aromatic rings. The summed E-state index contributed by atoms with van der Waals surface area (Å²) in [6.45, 7) is 0.768. The van der Waals surface area contributed by atoms with E-state index in [9.17, 15) is 4.79 Å². The maximum atomic E-state index is 11.5. The molecule has 0 fully saturated rings. The van der Waals surface area contributed by atoms with E-state index >= 15 is 0 Å². The molecule has 0 radical (unpaired) electrons. The van der Waals surface area contributed by atoms with Gasteiger partial charge in [-0.15, -0.1) is 0 Å². The highest BCUT2D eigenvalue weighted by atomic mass is 16.5. The lowest BCUT2D eigenvalue weighted by Crippen LogP contribution is -2.24. The number of amides is 1. The van der Waals surface area contributed by atoms with Crippen LogP contribution in [0.4, 0.5) is 4.79 Å². The Morgan fingerprint density at radius 2 is 1.70 bits per heavy atom. The van der Waals surface area contributed by atoms with Crippen molar-refractivity contribution in [2.45, 2.75) is 13.0 Å². The summed E-state index contributed by atoms with van der Waals surface area (Å²) < 4.78 is 5.09. The molecule has 4 heteroatoms. The van der Waals surface area contributed by atoms with Gasteiger partial charge in [-0.1, -0.05) is 42.5 Å². The predicted octanol–water partition coefficient (Wildman–Crippen LogP) is 2.86. The molecule has 0 aliphatic rings. The number of ether oxygens (including phenoxy) is 1. The van der Waals surface area contributed by atoms with Gasteiger partial charge in [0.05, 0.1) is 6.61 Å². The number of rotatable bonds is 5. The Labute approximate surface area is 118 Å². The number of carbonyl (C=O) groups is 1. The first kappa shape index (κ1) is 13.9. The van der Waals surface area contributed by atoms with Crippen molar-refractivity contribution in [3.63, 3.8) is 0 Å². The van der Waals surface area contributed by atoms with Crippen LogP contribution in [0, 0.1) is 0 Å². The molecule has 2 N–H and O–H groups in total. The van der Waals surface area contributed by atoms with Gasteiger partial charge in [0.15, 0.2) is 0 Å². The van der Waals surface area contributed by atoms with Gasteiger partial charge in [-0.25, -0.2) is 4.79 Å². The van der Waals surface area contributed by atoms with Crippen molar-refractivity contribution < 1.29 is 14.6 Å². The number of phenolic OH excluding ortho intramolecular Hbond substituents is 1. The van der Waals surface area contributed by atoms with Crippen LogP contribution < -0.4 is 5.32 Å². The minimum atomic E-state index is -0.423. The van der Waals surface area contributed by atoms with Crippen LogP contribution in [0.1, 0.15) is 11.1 Å². The molecule has 0 spiro atoms. The van der Waals surface area contributed by atoms with Crippen LogP contribution >= 0.6 is 0 Å². The van der Waals surface area contributed by atoms with Gasteiger partial charge in [0.1, 0.15) is 5.75 Å². The highest BCUT2D eigenvalue weighted by Crippen LogP contribution is 2.09. The molecule has 0 atom stereocenters. The van der Waals surface area contributed by atoms with Gasteiger partial charge in [0, 0.05) is 13.0 Å². The third kappa shape index (κ3) is 4.65. The monoisotopic (exact) mass is 271 g/mol. The normalized spacial score (nSPS) is 10.0. The smallest absolute Gasteiger partial charge is 0.407 e. The Bertz CT molecular complexity index is 537. The van der Waals surface area contributed by atoms with Crippen molar-refractivity contribution >= 4 is 6.09 Å². The van der Waals surface area contributed by atoms with Crippen molar-refractivity contribution in [1.29, 1.82) is 0 Å². The molecule has 1 amide bonds. The summed E-state index contributed by atoms with van der Waals surface area (Å²) in [7, 11) is 0. The molecular weight excluding hydrogens is 254 g/mol. The van der Waals surface area contributed by atoms with Crippen molar-refractivity contribution in [3.8, 4) is 5.75 Å². The second-order valence-electron chi connectivity index (χ2n) is 4.39. The number of hydrogen-bond acceptors (Lipinski definition) is 3. The van der Waals surface area contributed by atoms with E-state index in [2.05, 4.69) is 5.32 Å². The Morgan fingerprint density at radius 1 is 1.00 bits per heavy atom. The van der Waals surface area contributed by atoms with E-state index in [0.29, 0.717) is 19.6 Å². The average molecular weight is 271 g/mol. The molecule has 2 aromatic carbocycles. The highest BCUT2D eigenvalue weighted by Gasteiger charge is 2.02. The summed E-state index contributed by atoms with van der Waals surface area (Å²) in [5, 5.41) is 11.8. The fraction of sp³-hybridized carbons (Fsp3) is 0.188. The summed E-state index contributed by atoms with van der Waals surface area (Å²) in [6.07, 6.45) is 0.201. The fourth-order valence-electron chi connectivity index (χ4n) is 1.75. The quantitative estimate of drug-likeness (QED) is 0.879. The molecular formula is C16H17NO3. The lowest BCUT2D eigenvalue weighted by atomic mass is 10.1. The first-order chi connectivity index (χ1) is 9.74. The van der Waals surface area contributed by atoms with Crippen molar-refractivity contribution in [1.82, 2.24) is 5.32 Å². The summed E-state index contributed by atoms with van der Waals surface area (Å²) in [4.78, 5) is 11.5. The molecule has 0 aromatic heterocycles. The topological polar surface area (TPSA) is 58.6 Å². The maximum absolute atomic E-state index is 11.5. The zero-order chi connectivity index (χ0) is 14.2. The largest absolute Gasteiger partial charge is 0.508 e. The average Bonchev–Trinajstić information content (AvgIpc) is 2.48. The molecule has 4 nitrogen and oxygen atoms in total. The van der Waals surface area contributed by atoms with Crippen LogP contribution in [0.3, 0.4) is 0 Å². The molecule has 20 heavy (non-hydrogen) atoms. The van der Waals surface area contributed by atoms with E-state index in [4.69, 9.17) is 9.84 Å². The second-order valence-corrected chi connectivity index (χ2v) is 4.39. The molecule has 0 aliphatic heterocycles. The van der Waals surface area contributed by atoms with Gasteiger partial charge in [-0.3, -0.25) is 0 Å². The maximum Gasteiger partial charge on any atom is 0.407 e. The molecule has 0 unspecified atom stereocenters. The minimum Gasteiger partial charge on any atom is -0.508 e. The van der Waals surface area contributed by atoms with E-state index in [1.165, 1.54) is 0 Å². The van der Waals surface area contributed by atoms with Crippen LogP contribution in [0.15, 0.2) is 54.6 Å². The van der Waals surface area contributed by atoms with Crippen LogP contribution in [-0.4, -0.2) is 17.8 Å². The van der Waals surface area contributed by atoms with Crippen molar-refractivity contribution in [2.24, 2.45) is 0 Å². The molecule has 0 saturated heterocycles. The lowest BCUT2D eigenvalue weighted by Gasteiger charge is -2.07. The van der Waals surface area contributed by atoms with Crippen LogP contribution in [0.5, 0.6) is 5.75 Å². The highest BCUT2D eigenvalue weighted by molar-refractivity contribution is 5.67. The third-order valence-corrected chi connectivity index (χ3v) is 2.84. The molecule has 0 aliphatic carbocycles. The molecule has 104 valence electrons. The number of nitrogens with one attached hydrogen (secondary N) is 1. The SMILES string of the molecule is O=C(NCc1ccccc1)OCCc1ccc(O)cc1. The minimum absolute atomic E-state index is 0.232. The second kappa shape index (κ2) is 7.19. The van der Waals surface area contributed by atoms with Gasteiger partial charge in [-0.2, -0.15) is 0 Å². The summed E-state index contributed by atoms with van der Waals surface area (Å²) in [5.74, 6) is 0.232. The predicted molar refractivity (Wildman–Crippen MR) is 76.4 cm³/mol. The van der Waals surface area contributed by atoms with Crippen molar-refractivity contribution in [2.75, 3.05) is 6.61 Å². The van der Waals surface area contributed by atoms with E-state index < -0.39 is 6.09 Å². The fourth-order valence-corrected chi connectivity index (χ4v) is 1.75. The van der Waals surface area contributed by atoms with Gasteiger partial charge in [0.25, 0.3) is 0 Å². The van der Waals surface area contributed by atoms with Gasteiger partial charge >= 0.3 is 6.09 Å². The van der Waals surface area contributed by atoms with Crippen LogP contribution in [0.2, 0.25) is 0 Å². The number of phenols is 1. The molecule has 0 saturated carbocycles. The van der Waals surface area contributed by atoms with Gasteiger partial charge in [-0.05, 0) is 23.3 Å². The standard InChI is InChI=1S/C16H17NO3/c18-15-8-6-13(7-9-15)10-11-20-16(19)17-12-14-4-2-1-3-5-14/h1-9,18H,10-12H2,(H,17,19). The lowest BCUT2D eigenvalue weighted by molar-refractivity contribution is 0.147. The first-order valence-corrected chi connectivity index (χ1v) is 6.46. The first-order valence-electron chi connectivity index (χ1n) is 6.46. The molecule has 0 bridgehead atoms. The van der Waals surface area contributed by atoms with E-state index in [-0.39, 0.29) is 5.75 Å². The Morgan fingerprint density at radius 3 is 2.40 bits per heavy atom. The summed E-state index contributed by atoms with van der Waals surface area (Å²) in [6, 6.07) is 16.5.